The van der Waals surface area contributed by atoms with Crippen molar-refractivity contribution in [3.8, 4) is 0 Å². The predicted octanol–water partition coefficient (Wildman–Crippen LogP) is 2.48. The highest BCUT2D eigenvalue weighted by Crippen LogP contribution is 2.31. The van der Waals surface area contributed by atoms with Crippen molar-refractivity contribution in [3.63, 3.8) is 0 Å². The summed E-state index contributed by atoms with van der Waals surface area (Å²) in [6.45, 7) is 2.66. The number of amides is 2. The molecule has 1 aliphatic rings. The molecule has 0 saturated heterocycles. The van der Waals surface area contributed by atoms with Crippen LogP contribution in [-0.4, -0.2) is 28.3 Å². The molecule has 102 valence electrons. The van der Waals surface area contributed by atoms with Gasteiger partial charge in [-0.1, -0.05) is 31.2 Å². The molecule has 1 aromatic heterocycles. The average molecular weight is 268 g/mol. The lowest BCUT2D eigenvalue weighted by atomic mass is 10.0. The van der Waals surface area contributed by atoms with Gasteiger partial charge in [-0.05, 0) is 11.8 Å². The van der Waals surface area contributed by atoms with Crippen molar-refractivity contribution in [2.45, 2.75) is 19.4 Å². The second-order valence-corrected chi connectivity index (χ2v) is 4.87. The van der Waals surface area contributed by atoms with Crippen molar-refractivity contribution in [1.29, 1.82) is 0 Å². The fourth-order valence-electron chi connectivity index (χ4n) is 2.66. The summed E-state index contributed by atoms with van der Waals surface area (Å²) in [5.74, 6) is 0.349. The van der Waals surface area contributed by atoms with Gasteiger partial charge in [-0.3, -0.25) is 4.98 Å². The molecule has 2 amide bonds. The van der Waals surface area contributed by atoms with Crippen LogP contribution in [0.5, 0.6) is 0 Å². The Morgan fingerprint density at radius 3 is 2.90 bits per heavy atom. The number of benzene rings is 1. The largest absolute Gasteiger partial charge is 0.385 e. The number of aromatic nitrogens is 1. The monoisotopic (exact) mass is 268 g/mol. The summed E-state index contributed by atoms with van der Waals surface area (Å²) in [5, 5.41) is 2.09. The molecule has 2 aromatic rings. The third kappa shape index (κ3) is 1.91. The van der Waals surface area contributed by atoms with Gasteiger partial charge in [0.1, 0.15) is 11.9 Å². The Labute approximate surface area is 117 Å². The summed E-state index contributed by atoms with van der Waals surface area (Å²) in [5.41, 5.74) is 6.91. The van der Waals surface area contributed by atoms with Crippen molar-refractivity contribution >= 4 is 22.6 Å². The number of carbonyl (C=O) groups excluding carboxylic acids is 1. The number of fused-ring (bicyclic) bond motifs is 1. The zero-order chi connectivity index (χ0) is 14.1. The van der Waals surface area contributed by atoms with Crippen LogP contribution >= 0.6 is 0 Å². The second kappa shape index (κ2) is 4.92. The Bertz CT molecular complexity index is 690. The van der Waals surface area contributed by atoms with Gasteiger partial charge < -0.3 is 10.6 Å². The minimum Gasteiger partial charge on any atom is -0.385 e. The molecular formula is C15H16N4O. The van der Waals surface area contributed by atoms with Crippen LogP contribution in [0, 0.1) is 0 Å². The van der Waals surface area contributed by atoms with E-state index in [2.05, 4.69) is 9.98 Å². The Balaban J connectivity index is 2.14. The minimum atomic E-state index is -0.305. The molecule has 1 aromatic carbocycles. The van der Waals surface area contributed by atoms with Gasteiger partial charge in [0.2, 0.25) is 0 Å². The maximum atomic E-state index is 11.9. The molecule has 5 nitrogen and oxygen atoms in total. The molecular weight excluding hydrogens is 252 g/mol. The number of nitrogens with two attached hydrogens (primary N) is 1. The highest BCUT2D eigenvalue weighted by Gasteiger charge is 2.34. The fourth-order valence-corrected chi connectivity index (χ4v) is 2.66. The number of hydrogen-bond donors (Lipinski definition) is 1. The molecule has 1 unspecified atom stereocenters. The lowest BCUT2D eigenvalue weighted by molar-refractivity contribution is 0.207. The fraction of sp³-hybridized carbons (Fsp3) is 0.267. The van der Waals surface area contributed by atoms with E-state index in [9.17, 15) is 4.79 Å². The van der Waals surface area contributed by atoms with Gasteiger partial charge >= 0.3 is 6.03 Å². The maximum absolute atomic E-state index is 11.9. The van der Waals surface area contributed by atoms with Crippen molar-refractivity contribution in [1.82, 2.24) is 9.88 Å². The van der Waals surface area contributed by atoms with Crippen molar-refractivity contribution in [2.75, 3.05) is 6.54 Å². The molecule has 0 bridgehead atoms. The van der Waals surface area contributed by atoms with Crippen LogP contribution < -0.4 is 5.73 Å². The first kappa shape index (κ1) is 12.6. The SMILES string of the molecule is CCCN1C(=O)N=C(N)C1c1cncc2ccccc12. The second-order valence-electron chi connectivity index (χ2n) is 4.87. The standard InChI is InChI=1S/C15H16N4O/c1-2-7-19-13(14(16)18-15(19)20)12-9-17-8-10-5-3-4-6-11(10)12/h3-6,8-9,13H,2,7H2,1H3,(H2,16,18,20). The van der Waals surface area contributed by atoms with Crippen LogP contribution in [0.15, 0.2) is 41.7 Å². The third-order valence-corrected chi connectivity index (χ3v) is 3.52. The number of aliphatic imine (C=N–C) groups is 1. The van der Waals surface area contributed by atoms with Crippen LogP contribution in [0.1, 0.15) is 24.9 Å². The summed E-state index contributed by atoms with van der Waals surface area (Å²) in [4.78, 5) is 21.8. The lowest BCUT2D eigenvalue weighted by Gasteiger charge is -2.24. The Morgan fingerprint density at radius 1 is 1.30 bits per heavy atom. The van der Waals surface area contributed by atoms with E-state index in [4.69, 9.17) is 5.73 Å². The normalized spacial score (nSPS) is 18.6. The molecule has 2 N–H and O–H groups in total. The summed E-state index contributed by atoms with van der Waals surface area (Å²) in [6.07, 6.45) is 4.45. The van der Waals surface area contributed by atoms with Crippen molar-refractivity contribution in [3.05, 3.63) is 42.2 Å². The van der Waals surface area contributed by atoms with Gasteiger partial charge in [0, 0.05) is 29.9 Å². The Morgan fingerprint density at radius 2 is 2.10 bits per heavy atom. The van der Waals surface area contributed by atoms with Gasteiger partial charge in [-0.2, -0.15) is 4.99 Å². The zero-order valence-corrected chi connectivity index (χ0v) is 11.3. The average Bonchev–Trinajstić information content (AvgIpc) is 2.73. The van der Waals surface area contributed by atoms with E-state index in [0.717, 1.165) is 22.8 Å². The van der Waals surface area contributed by atoms with Crippen LogP contribution in [0.25, 0.3) is 10.8 Å². The molecule has 5 heteroatoms. The molecule has 0 radical (unpaired) electrons. The quantitative estimate of drug-likeness (QED) is 0.929. The van der Waals surface area contributed by atoms with Crippen molar-refractivity contribution in [2.24, 2.45) is 10.7 Å². The van der Waals surface area contributed by atoms with E-state index < -0.39 is 0 Å². The Hall–Kier alpha value is -2.43. The van der Waals surface area contributed by atoms with E-state index >= 15 is 0 Å². The summed E-state index contributed by atoms with van der Waals surface area (Å²) >= 11 is 0. The summed E-state index contributed by atoms with van der Waals surface area (Å²) in [6, 6.07) is 7.39. The number of amidine groups is 1. The third-order valence-electron chi connectivity index (χ3n) is 3.52. The van der Waals surface area contributed by atoms with E-state index in [1.807, 2.05) is 37.4 Å². The van der Waals surface area contributed by atoms with Gasteiger partial charge in [0.25, 0.3) is 0 Å². The van der Waals surface area contributed by atoms with Gasteiger partial charge in [-0.15, -0.1) is 0 Å². The predicted molar refractivity (Wildman–Crippen MR) is 78.5 cm³/mol. The smallest absolute Gasteiger partial charge is 0.346 e. The van der Waals surface area contributed by atoms with Crippen LogP contribution in [-0.2, 0) is 0 Å². The summed E-state index contributed by atoms with van der Waals surface area (Å²) < 4.78 is 0. The molecule has 2 heterocycles. The maximum Gasteiger partial charge on any atom is 0.346 e. The van der Waals surface area contributed by atoms with E-state index in [0.29, 0.717) is 12.4 Å². The van der Waals surface area contributed by atoms with Gasteiger partial charge in [0.15, 0.2) is 0 Å². The zero-order valence-electron chi connectivity index (χ0n) is 11.3. The number of carbonyl (C=O) groups is 1. The molecule has 20 heavy (non-hydrogen) atoms. The van der Waals surface area contributed by atoms with Crippen LogP contribution in [0.2, 0.25) is 0 Å². The highest BCUT2D eigenvalue weighted by atomic mass is 16.2. The summed E-state index contributed by atoms with van der Waals surface area (Å²) in [7, 11) is 0. The number of rotatable bonds is 3. The molecule has 0 saturated carbocycles. The number of hydrogen-bond acceptors (Lipinski definition) is 3. The number of nitrogens with zero attached hydrogens (tertiary/aromatic N) is 3. The lowest BCUT2D eigenvalue weighted by Crippen LogP contribution is -2.34. The highest BCUT2D eigenvalue weighted by molar-refractivity contribution is 6.05. The number of urea groups is 1. The van der Waals surface area contributed by atoms with Gasteiger partial charge in [0.05, 0.1) is 0 Å². The van der Waals surface area contributed by atoms with E-state index in [1.165, 1.54) is 0 Å². The van der Waals surface area contributed by atoms with E-state index in [-0.39, 0.29) is 12.1 Å². The van der Waals surface area contributed by atoms with E-state index in [1.54, 1.807) is 11.1 Å². The number of pyridine rings is 1. The molecule has 1 atom stereocenters. The molecule has 1 aliphatic heterocycles. The molecule has 0 aliphatic carbocycles. The van der Waals surface area contributed by atoms with Crippen LogP contribution in [0.4, 0.5) is 4.79 Å². The first-order valence-corrected chi connectivity index (χ1v) is 6.69. The first-order chi connectivity index (χ1) is 9.72. The first-order valence-electron chi connectivity index (χ1n) is 6.69. The molecule has 0 spiro atoms. The van der Waals surface area contributed by atoms with Gasteiger partial charge in [-0.25, -0.2) is 4.79 Å². The Kier molecular flexibility index (Phi) is 3.10. The van der Waals surface area contributed by atoms with Crippen LogP contribution in [0.3, 0.4) is 0 Å². The topological polar surface area (TPSA) is 71.6 Å². The molecule has 0 fully saturated rings. The van der Waals surface area contributed by atoms with Crippen molar-refractivity contribution < 1.29 is 4.79 Å². The minimum absolute atomic E-state index is 0.262. The molecule has 3 rings (SSSR count).